The van der Waals surface area contributed by atoms with Gasteiger partial charge in [-0.1, -0.05) is 28.1 Å². The lowest BCUT2D eigenvalue weighted by Gasteiger charge is -2.33. The van der Waals surface area contributed by atoms with Gasteiger partial charge in [-0.05, 0) is 42.0 Å². The summed E-state index contributed by atoms with van der Waals surface area (Å²) in [4.78, 5) is 25.8. The van der Waals surface area contributed by atoms with Crippen molar-refractivity contribution in [2.75, 3.05) is 19.7 Å². The molecule has 26 heavy (non-hydrogen) atoms. The van der Waals surface area contributed by atoms with Crippen LogP contribution in [0.4, 0.5) is 9.18 Å². The summed E-state index contributed by atoms with van der Waals surface area (Å²) in [6, 6.07) is 12.3. The quantitative estimate of drug-likeness (QED) is 0.732. The van der Waals surface area contributed by atoms with Gasteiger partial charge in [0.1, 0.15) is 11.9 Å². The largest absolute Gasteiger partial charge is 0.370 e. The fourth-order valence-corrected chi connectivity index (χ4v) is 3.02. The molecule has 0 radical (unpaired) electrons. The number of amides is 3. The number of nitrogens with zero attached hydrogens (tertiary/aromatic N) is 1. The predicted octanol–water partition coefficient (Wildman–Crippen LogP) is 3.02. The molecule has 2 aromatic carbocycles. The van der Waals surface area contributed by atoms with Crippen molar-refractivity contribution in [1.82, 2.24) is 15.8 Å². The highest BCUT2D eigenvalue weighted by atomic mass is 79.9. The van der Waals surface area contributed by atoms with Gasteiger partial charge in [-0.2, -0.15) is 0 Å². The summed E-state index contributed by atoms with van der Waals surface area (Å²) >= 11 is 3.42. The number of morpholine rings is 1. The van der Waals surface area contributed by atoms with Gasteiger partial charge in [0.15, 0.2) is 0 Å². The van der Waals surface area contributed by atoms with Crippen LogP contribution in [0.15, 0.2) is 53.0 Å². The van der Waals surface area contributed by atoms with E-state index in [1.807, 2.05) is 24.3 Å². The second kappa shape index (κ2) is 8.29. The third-order valence-electron chi connectivity index (χ3n) is 3.96. The van der Waals surface area contributed by atoms with Crippen molar-refractivity contribution in [1.29, 1.82) is 0 Å². The molecule has 0 spiro atoms. The molecule has 136 valence electrons. The first-order chi connectivity index (χ1) is 12.5. The lowest BCUT2D eigenvalue weighted by Crippen LogP contribution is -2.52. The van der Waals surface area contributed by atoms with E-state index in [4.69, 9.17) is 4.74 Å². The summed E-state index contributed by atoms with van der Waals surface area (Å²) in [5.74, 6) is -0.951. The van der Waals surface area contributed by atoms with E-state index < -0.39 is 17.8 Å². The number of benzene rings is 2. The first kappa shape index (κ1) is 18.3. The molecular weight excluding hydrogens is 405 g/mol. The van der Waals surface area contributed by atoms with Gasteiger partial charge in [0.05, 0.1) is 13.2 Å². The normalized spacial score (nSPS) is 16.8. The highest BCUT2D eigenvalue weighted by Crippen LogP contribution is 2.24. The van der Waals surface area contributed by atoms with Crippen molar-refractivity contribution in [2.45, 2.75) is 6.10 Å². The molecular formula is C18H17BrFN3O3. The Hall–Kier alpha value is -2.45. The van der Waals surface area contributed by atoms with Crippen LogP contribution in [0.5, 0.6) is 0 Å². The molecule has 2 aromatic rings. The predicted molar refractivity (Wildman–Crippen MR) is 96.8 cm³/mol. The number of hydrogen-bond donors (Lipinski definition) is 2. The second-order valence-electron chi connectivity index (χ2n) is 5.75. The van der Waals surface area contributed by atoms with E-state index in [-0.39, 0.29) is 11.7 Å². The minimum absolute atomic E-state index is 0.236. The number of carbonyl (C=O) groups is 2. The Morgan fingerprint density at radius 1 is 1.15 bits per heavy atom. The number of hydrazine groups is 1. The summed E-state index contributed by atoms with van der Waals surface area (Å²) in [6.45, 7) is 1.19. The topological polar surface area (TPSA) is 70.7 Å². The van der Waals surface area contributed by atoms with Crippen molar-refractivity contribution < 1.29 is 18.7 Å². The number of nitrogens with one attached hydrogen (secondary N) is 2. The lowest BCUT2D eigenvalue weighted by molar-refractivity contribution is -0.0158. The van der Waals surface area contributed by atoms with Crippen LogP contribution in [0.3, 0.4) is 0 Å². The maximum absolute atomic E-state index is 12.9. The van der Waals surface area contributed by atoms with Gasteiger partial charge < -0.3 is 9.64 Å². The standard InChI is InChI=1S/C18H17BrFN3O3/c19-14-3-1-2-13(10-14)16-11-23(8-9-26-16)18(25)22-21-17(24)12-4-6-15(20)7-5-12/h1-7,10,16H,8-9,11H2,(H,21,24)(H,22,25). The zero-order valence-corrected chi connectivity index (χ0v) is 15.3. The fraction of sp³-hybridized carbons (Fsp3) is 0.222. The lowest BCUT2D eigenvalue weighted by atomic mass is 10.1. The van der Waals surface area contributed by atoms with Crippen molar-refractivity contribution in [3.05, 3.63) is 69.9 Å². The van der Waals surface area contributed by atoms with Crippen LogP contribution in [0.2, 0.25) is 0 Å². The average molecular weight is 422 g/mol. The van der Waals surface area contributed by atoms with Crippen molar-refractivity contribution in [2.24, 2.45) is 0 Å². The zero-order chi connectivity index (χ0) is 18.5. The van der Waals surface area contributed by atoms with E-state index in [9.17, 15) is 14.0 Å². The molecule has 1 fully saturated rings. The van der Waals surface area contributed by atoms with Gasteiger partial charge in [-0.3, -0.25) is 10.2 Å². The molecule has 3 amide bonds. The van der Waals surface area contributed by atoms with Crippen molar-refractivity contribution in [3.8, 4) is 0 Å². The Balaban J connectivity index is 1.55. The highest BCUT2D eigenvalue weighted by molar-refractivity contribution is 9.10. The van der Waals surface area contributed by atoms with Crippen LogP contribution in [0.25, 0.3) is 0 Å². The molecule has 0 aromatic heterocycles. The molecule has 8 heteroatoms. The molecule has 6 nitrogen and oxygen atoms in total. The molecule has 0 saturated carbocycles. The third-order valence-corrected chi connectivity index (χ3v) is 4.46. The smallest absolute Gasteiger partial charge is 0.336 e. The molecule has 0 aliphatic carbocycles. The first-order valence-electron chi connectivity index (χ1n) is 8.01. The van der Waals surface area contributed by atoms with Crippen LogP contribution in [-0.4, -0.2) is 36.5 Å². The maximum atomic E-state index is 12.9. The molecule has 1 saturated heterocycles. The molecule has 1 unspecified atom stereocenters. The van der Waals surface area contributed by atoms with Crippen LogP contribution in [0.1, 0.15) is 22.0 Å². The minimum atomic E-state index is -0.518. The van der Waals surface area contributed by atoms with Gasteiger partial charge >= 0.3 is 6.03 Å². The summed E-state index contributed by atoms with van der Waals surface area (Å²) in [5, 5.41) is 0. The van der Waals surface area contributed by atoms with Gasteiger partial charge in [0.25, 0.3) is 5.91 Å². The number of rotatable bonds is 2. The Kier molecular flexibility index (Phi) is 5.85. The zero-order valence-electron chi connectivity index (χ0n) is 13.7. The Morgan fingerprint density at radius 3 is 2.65 bits per heavy atom. The van der Waals surface area contributed by atoms with Crippen molar-refractivity contribution >= 4 is 27.9 Å². The monoisotopic (exact) mass is 421 g/mol. The second-order valence-corrected chi connectivity index (χ2v) is 6.67. The Morgan fingerprint density at radius 2 is 1.92 bits per heavy atom. The van der Waals surface area contributed by atoms with Gasteiger partial charge in [-0.15, -0.1) is 0 Å². The number of hydrogen-bond acceptors (Lipinski definition) is 3. The van der Waals surface area contributed by atoms with Gasteiger partial charge in [-0.25, -0.2) is 14.6 Å². The molecule has 1 heterocycles. The number of ether oxygens (including phenoxy) is 1. The summed E-state index contributed by atoms with van der Waals surface area (Å²) in [6.07, 6.45) is -0.236. The summed E-state index contributed by atoms with van der Waals surface area (Å²) in [5.41, 5.74) is 5.92. The third kappa shape index (κ3) is 4.59. The van der Waals surface area contributed by atoms with E-state index in [0.29, 0.717) is 19.7 Å². The van der Waals surface area contributed by atoms with Crippen molar-refractivity contribution in [3.63, 3.8) is 0 Å². The first-order valence-corrected chi connectivity index (χ1v) is 8.80. The van der Waals surface area contributed by atoms with E-state index in [0.717, 1.165) is 10.0 Å². The molecule has 3 rings (SSSR count). The SMILES string of the molecule is O=C(NNC(=O)N1CCOC(c2cccc(Br)c2)C1)c1ccc(F)cc1. The number of carbonyl (C=O) groups excluding carboxylic acids is 2. The maximum Gasteiger partial charge on any atom is 0.336 e. The van der Waals surface area contributed by atoms with E-state index in [1.165, 1.54) is 24.3 Å². The summed E-state index contributed by atoms with van der Waals surface area (Å²) < 4.78 is 19.6. The van der Waals surface area contributed by atoms with E-state index in [2.05, 4.69) is 26.8 Å². The van der Waals surface area contributed by atoms with Gasteiger partial charge in [0, 0.05) is 16.6 Å². The average Bonchev–Trinajstić information content (AvgIpc) is 2.66. The summed E-state index contributed by atoms with van der Waals surface area (Å²) in [7, 11) is 0. The Bertz CT molecular complexity index is 801. The molecule has 2 N–H and O–H groups in total. The fourth-order valence-electron chi connectivity index (χ4n) is 2.60. The number of urea groups is 1. The Labute approximate surface area is 158 Å². The van der Waals surface area contributed by atoms with E-state index in [1.54, 1.807) is 4.90 Å². The van der Waals surface area contributed by atoms with Crippen LogP contribution in [0, 0.1) is 5.82 Å². The molecule has 1 aliphatic heterocycles. The molecule has 1 aliphatic rings. The number of halogens is 2. The van der Waals surface area contributed by atoms with E-state index >= 15 is 0 Å². The molecule has 1 atom stereocenters. The highest BCUT2D eigenvalue weighted by Gasteiger charge is 2.25. The van der Waals surface area contributed by atoms with Crippen LogP contribution < -0.4 is 10.9 Å². The van der Waals surface area contributed by atoms with Gasteiger partial charge in [0.2, 0.25) is 0 Å². The van der Waals surface area contributed by atoms with Crippen LogP contribution >= 0.6 is 15.9 Å². The van der Waals surface area contributed by atoms with Crippen LogP contribution in [-0.2, 0) is 4.74 Å². The minimum Gasteiger partial charge on any atom is -0.370 e. The molecule has 0 bridgehead atoms.